The zero-order valence-electron chi connectivity index (χ0n) is 21.4. The van der Waals surface area contributed by atoms with E-state index in [2.05, 4.69) is 9.64 Å². The third kappa shape index (κ3) is 5.97. The first-order valence-corrected chi connectivity index (χ1v) is 15.0. The fourth-order valence-corrected chi connectivity index (χ4v) is 8.73. The van der Waals surface area contributed by atoms with E-state index in [1.165, 1.54) is 12.1 Å². The molecule has 4 atom stereocenters. The van der Waals surface area contributed by atoms with Crippen LogP contribution in [-0.4, -0.2) is 92.8 Å². The number of carbonyl (C=O) groups excluding carboxylic acids is 1. The summed E-state index contributed by atoms with van der Waals surface area (Å²) in [4.78, 5) is 17.1. The monoisotopic (exact) mass is 559 g/mol. The van der Waals surface area contributed by atoms with Crippen LogP contribution in [0.3, 0.4) is 0 Å². The number of sulfonamides is 1. The second kappa shape index (κ2) is 11.3. The Balaban J connectivity index is 1.36. The first-order valence-electron chi connectivity index (χ1n) is 13.6. The van der Waals surface area contributed by atoms with Gasteiger partial charge in [-0.1, -0.05) is 0 Å². The number of nitrogens with zero attached hydrogens (tertiary/aromatic N) is 3. The topological polar surface area (TPSA) is 79.4 Å². The van der Waals surface area contributed by atoms with E-state index in [0.717, 1.165) is 50.9 Å². The third-order valence-corrected chi connectivity index (χ3v) is 10.4. The van der Waals surface area contributed by atoms with Gasteiger partial charge in [-0.2, -0.15) is 4.31 Å². The van der Waals surface area contributed by atoms with Crippen LogP contribution in [0.15, 0.2) is 29.2 Å². The van der Waals surface area contributed by atoms with Crippen LogP contribution in [0.25, 0.3) is 0 Å². The van der Waals surface area contributed by atoms with Gasteiger partial charge >= 0.3 is 6.36 Å². The highest BCUT2D eigenvalue weighted by Crippen LogP contribution is 2.45. The van der Waals surface area contributed by atoms with Crippen LogP contribution in [0, 0.1) is 11.8 Å². The van der Waals surface area contributed by atoms with Crippen molar-refractivity contribution in [2.24, 2.45) is 11.8 Å². The number of ether oxygens (including phenoxy) is 2. The molecule has 8 nitrogen and oxygen atoms in total. The number of hydrogen-bond donors (Lipinski definition) is 0. The lowest BCUT2D eigenvalue weighted by atomic mass is 9.70. The van der Waals surface area contributed by atoms with Crippen LogP contribution >= 0.6 is 0 Å². The quantitative estimate of drug-likeness (QED) is 0.509. The Labute approximate surface area is 222 Å². The predicted octanol–water partition coefficient (Wildman–Crippen LogP) is 3.48. The second-order valence-electron chi connectivity index (χ2n) is 10.8. The SMILES string of the molecule is O=C(CCC[C@@H]1[C@H]2CCCN3CCC[C@@H](CN1S(=O)(=O)c1ccc(OC(F)(F)F)cc1)[C@@H]23)N1CCOCC1. The van der Waals surface area contributed by atoms with E-state index >= 15 is 0 Å². The maximum atomic E-state index is 13.9. The molecule has 0 unspecified atom stereocenters. The molecular formula is C26H36F3N3O5S. The Morgan fingerprint density at radius 1 is 1.03 bits per heavy atom. The van der Waals surface area contributed by atoms with Crippen molar-refractivity contribution in [2.45, 2.75) is 68.3 Å². The Bertz CT molecular complexity index is 1080. The summed E-state index contributed by atoms with van der Waals surface area (Å²) >= 11 is 0. The van der Waals surface area contributed by atoms with Gasteiger partial charge < -0.3 is 14.4 Å². The number of alkyl halides is 3. The van der Waals surface area contributed by atoms with Crippen LogP contribution in [-0.2, 0) is 19.6 Å². The minimum atomic E-state index is -4.85. The van der Waals surface area contributed by atoms with Crippen LogP contribution in [0.4, 0.5) is 13.2 Å². The number of hydrogen-bond acceptors (Lipinski definition) is 6. The van der Waals surface area contributed by atoms with E-state index in [9.17, 15) is 26.4 Å². The lowest BCUT2D eigenvalue weighted by molar-refractivity contribution is -0.274. The van der Waals surface area contributed by atoms with Gasteiger partial charge in [-0.05, 0) is 87.7 Å². The van der Waals surface area contributed by atoms with Gasteiger partial charge in [0.1, 0.15) is 5.75 Å². The summed E-state index contributed by atoms with van der Waals surface area (Å²) in [5, 5.41) is 0. The molecule has 0 radical (unpaired) electrons. The number of piperidine rings is 3. The van der Waals surface area contributed by atoms with Crippen molar-refractivity contribution < 1.29 is 35.9 Å². The zero-order chi connectivity index (χ0) is 26.9. The first kappa shape index (κ1) is 27.7. The van der Waals surface area contributed by atoms with Crippen molar-refractivity contribution in [3.05, 3.63) is 24.3 Å². The maximum absolute atomic E-state index is 13.9. The largest absolute Gasteiger partial charge is 0.573 e. The minimum absolute atomic E-state index is 0.0386. The third-order valence-electron chi connectivity index (χ3n) is 8.54. The van der Waals surface area contributed by atoms with Crippen molar-refractivity contribution in [3.8, 4) is 5.75 Å². The maximum Gasteiger partial charge on any atom is 0.573 e. The highest BCUT2D eigenvalue weighted by Gasteiger charge is 2.51. The second-order valence-corrected chi connectivity index (χ2v) is 12.7. The van der Waals surface area contributed by atoms with E-state index in [4.69, 9.17) is 4.74 Å². The standard InChI is InChI=1S/C26H36F3N3O5S/c27-26(28,29)37-20-8-10-21(11-9-20)38(34,35)32-18-19-4-2-12-31-13-3-5-22(25(19)31)23(32)6-1-7-24(33)30-14-16-36-17-15-30/h8-11,19,22-23,25H,1-7,12-18H2/t19-,22+,23+,25-/m0/s1. The Kier molecular flexibility index (Phi) is 8.23. The van der Waals surface area contributed by atoms with Gasteiger partial charge in [0, 0.05) is 38.1 Å². The molecule has 212 valence electrons. The van der Waals surface area contributed by atoms with Crippen molar-refractivity contribution in [3.63, 3.8) is 0 Å². The van der Waals surface area contributed by atoms with Crippen LogP contribution < -0.4 is 4.74 Å². The number of morpholine rings is 1. The number of carbonyl (C=O) groups is 1. The molecule has 0 aliphatic carbocycles. The molecular weight excluding hydrogens is 523 g/mol. The molecule has 1 amide bonds. The van der Waals surface area contributed by atoms with E-state index in [1.807, 2.05) is 4.90 Å². The highest BCUT2D eigenvalue weighted by molar-refractivity contribution is 7.89. The molecule has 4 saturated heterocycles. The summed E-state index contributed by atoms with van der Waals surface area (Å²) in [6.45, 7) is 4.70. The summed E-state index contributed by atoms with van der Waals surface area (Å²) in [6, 6.07) is 4.56. The number of benzene rings is 1. The lowest BCUT2D eigenvalue weighted by Crippen LogP contribution is -2.65. The molecule has 5 rings (SSSR count). The molecule has 4 aliphatic rings. The molecule has 0 saturated carbocycles. The summed E-state index contributed by atoms with van der Waals surface area (Å²) in [7, 11) is -3.96. The van der Waals surface area contributed by atoms with Gasteiger partial charge in [0.05, 0.1) is 18.1 Å². The average molecular weight is 560 g/mol. The fourth-order valence-electron chi connectivity index (χ4n) is 6.97. The fraction of sp³-hybridized carbons (Fsp3) is 0.731. The molecule has 1 aromatic rings. The van der Waals surface area contributed by atoms with Gasteiger partial charge in [-0.25, -0.2) is 8.42 Å². The Hall–Kier alpha value is -1.89. The van der Waals surface area contributed by atoms with Crippen molar-refractivity contribution in [1.29, 1.82) is 0 Å². The van der Waals surface area contributed by atoms with Gasteiger partial charge in [-0.15, -0.1) is 13.2 Å². The smallest absolute Gasteiger partial charge is 0.406 e. The van der Waals surface area contributed by atoms with Gasteiger partial charge in [0.2, 0.25) is 15.9 Å². The summed E-state index contributed by atoms with van der Waals surface area (Å²) < 4.78 is 76.5. The number of rotatable bonds is 7. The molecule has 4 fully saturated rings. The van der Waals surface area contributed by atoms with Crippen LogP contribution in [0.5, 0.6) is 5.75 Å². The van der Waals surface area contributed by atoms with Gasteiger partial charge in [-0.3, -0.25) is 9.69 Å². The summed E-state index contributed by atoms with van der Waals surface area (Å²) in [5.74, 6) is 0.00918. The van der Waals surface area contributed by atoms with E-state index in [-0.39, 0.29) is 28.7 Å². The molecule has 4 heterocycles. The van der Waals surface area contributed by atoms with Crippen molar-refractivity contribution >= 4 is 15.9 Å². The van der Waals surface area contributed by atoms with Gasteiger partial charge in [0.25, 0.3) is 0 Å². The van der Waals surface area contributed by atoms with Crippen molar-refractivity contribution in [1.82, 2.24) is 14.1 Å². The van der Waals surface area contributed by atoms with Gasteiger partial charge in [0.15, 0.2) is 0 Å². The Morgan fingerprint density at radius 2 is 1.71 bits per heavy atom. The Morgan fingerprint density at radius 3 is 2.39 bits per heavy atom. The predicted molar refractivity (Wildman–Crippen MR) is 133 cm³/mol. The minimum Gasteiger partial charge on any atom is -0.406 e. The summed E-state index contributed by atoms with van der Waals surface area (Å²) in [5.41, 5.74) is 0. The molecule has 0 spiro atoms. The average Bonchev–Trinajstić information content (AvgIpc) is 2.89. The normalized spacial score (nSPS) is 29.1. The highest BCUT2D eigenvalue weighted by atomic mass is 32.2. The van der Waals surface area contributed by atoms with E-state index < -0.39 is 22.1 Å². The summed E-state index contributed by atoms with van der Waals surface area (Å²) in [6.07, 6.45) is 0.608. The van der Waals surface area contributed by atoms with E-state index in [0.29, 0.717) is 58.2 Å². The molecule has 38 heavy (non-hydrogen) atoms. The molecule has 12 heteroatoms. The molecule has 0 N–H and O–H groups in total. The zero-order valence-corrected chi connectivity index (χ0v) is 22.3. The molecule has 1 aromatic carbocycles. The van der Waals surface area contributed by atoms with Crippen LogP contribution in [0.1, 0.15) is 44.9 Å². The lowest BCUT2D eigenvalue weighted by Gasteiger charge is -2.57. The van der Waals surface area contributed by atoms with E-state index in [1.54, 1.807) is 4.31 Å². The van der Waals surface area contributed by atoms with Crippen LogP contribution in [0.2, 0.25) is 0 Å². The number of amides is 1. The molecule has 0 aromatic heterocycles. The molecule has 4 aliphatic heterocycles. The molecule has 0 bridgehead atoms. The first-order chi connectivity index (χ1) is 18.1. The van der Waals surface area contributed by atoms with Crippen molar-refractivity contribution in [2.75, 3.05) is 45.9 Å². The number of halogens is 3.